The molecule has 0 aliphatic rings. The first-order valence-electron chi connectivity index (χ1n) is 8.86. The molecule has 0 aliphatic carbocycles. The second kappa shape index (κ2) is 8.08. The van der Waals surface area contributed by atoms with Gasteiger partial charge in [-0.1, -0.05) is 64.1 Å². The van der Waals surface area contributed by atoms with Crippen LogP contribution in [-0.2, 0) is 14.8 Å². The van der Waals surface area contributed by atoms with Crippen molar-refractivity contribution in [2.45, 2.75) is 33.7 Å². The predicted octanol–water partition coefficient (Wildman–Crippen LogP) is 3.40. The molecule has 0 heterocycles. The van der Waals surface area contributed by atoms with Crippen molar-refractivity contribution in [1.29, 1.82) is 0 Å². The van der Waals surface area contributed by atoms with Crippen LogP contribution in [0.15, 0.2) is 42.5 Å². The van der Waals surface area contributed by atoms with Crippen molar-refractivity contribution >= 4 is 32.4 Å². The van der Waals surface area contributed by atoms with Crippen LogP contribution in [-0.4, -0.2) is 33.2 Å². The van der Waals surface area contributed by atoms with Crippen LogP contribution in [0.4, 0.5) is 5.69 Å². The fraction of sp³-hybridized carbons (Fsp3) is 0.450. The highest BCUT2D eigenvalue weighted by Crippen LogP contribution is 2.28. The molecule has 0 saturated carbocycles. The van der Waals surface area contributed by atoms with Gasteiger partial charge in [0.25, 0.3) is 0 Å². The lowest BCUT2D eigenvalue weighted by atomic mass is 9.93. The number of sulfonamides is 1. The van der Waals surface area contributed by atoms with E-state index in [-0.39, 0.29) is 30.3 Å². The van der Waals surface area contributed by atoms with Crippen molar-refractivity contribution in [3.63, 3.8) is 0 Å². The number of hydrogen-bond acceptors (Lipinski definition) is 3. The van der Waals surface area contributed by atoms with Crippen LogP contribution in [0.3, 0.4) is 0 Å². The van der Waals surface area contributed by atoms with Gasteiger partial charge in [-0.05, 0) is 23.3 Å². The van der Waals surface area contributed by atoms with Crippen molar-refractivity contribution in [2.24, 2.45) is 11.8 Å². The average Bonchev–Trinajstić information content (AvgIpc) is 2.55. The summed E-state index contributed by atoms with van der Waals surface area (Å²) < 4.78 is 26.0. The zero-order valence-corrected chi connectivity index (χ0v) is 16.9. The van der Waals surface area contributed by atoms with Crippen LogP contribution < -0.4 is 9.62 Å². The average molecular weight is 377 g/mol. The minimum absolute atomic E-state index is 0.00331. The van der Waals surface area contributed by atoms with Crippen LogP contribution in [0.5, 0.6) is 0 Å². The summed E-state index contributed by atoms with van der Waals surface area (Å²) in [5.74, 6) is 0.238. The summed E-state index contributed by atoms with van der Waals surface area (Å²) >= 11 is 0. The molecular weight excluding hydrogens is 348 g/mol. The molecule has 2 aromatic rings. The first kappa shape index (κ1) is 20.2. The number of carbonyl (C=O) groups is 1. The van der Waals surface area contributed by atoms with E-state index in [9.17, 15) is 13.2 Å². The number of hydrogen-bond donors (Lipinski definition) is 1. The zero-order valence-electron chi connectivity index (χ0n) is 16.1. The van der Waals surface area contributed by atoms with Crippen molar-refractivity contribution in [3.8, 4) is 0 Å². The Kier molecular flexibility index (Phi) is 6.29. The maximum Gasteiger partial charge on any atom is 0.241 e. The molecule has 0 saturated heterocycles. The number of carbonyl (C=O) groups excluding carboxylic acids is 1. The molecule has 6 heteroatoms. The summed E-state index contributed by atoms with van der Waals surface area (Å²) in [6.07, 6.45) is 1.13. The third-order valence-electron chi connectivity index (χ3n) is 4.49. The lowest BCUT2D eigenvalue weighted by molar-refractivity contribution is -0.121. The topological polar surface area (TPSA) is 66.5 Å². The van der Waals surface area contributed by atoms with Crippen molar-refractivity contribution < 1.29 is 13.2 Å². The fourth-order valence-electron chi connectivity index (χ4n) is 3.27. The van der Waals surface area contributed by atoms with E-state index in [2.05, 4.69) is 5.32 Å². The first-order valence-corrected chi connectivity index (χ1v) is 10.7. The second-order valence-corrected chi connectivity index (χ2v) is 9.26. The Morgan fingerprint density at radius 2 is 1.58 bits per heavy atom. The Morgan fingerprint density at radius 3 is 2.15 bits per heavy atom. The monoisotopic (exact) mass is 376 g/mol. The van der Waals surface area contributed by atoms with Crippen molar-refractivity contribution in [1.82, 2.24) is 5.32 Å². The standard InChI is InChI=1S/C20H28N2O3S/c1-14(2)20(15(3)4)21-19(23)13-22(26(5,24)25)18-12-8-10-16-9-6-7-11-17(16)18/h6-12,14-15,20H,13H2,1-5H3,(H,21,23). The van der Waals surface area contributed by atoms with E-state index >= 15 is 0 Å². The van der Waals surface area contributed by atoms with Gasteiger partial charge in [0.15, 0.2) is 0 Å². The number of amides is 1. The van der Waals surface area contributed by atoms with E-state index in [1.165, 1.54) is 4.31 Å². The summed E-state index contributed by atoms with van der Waals surface area (Å²) in [4.78, 5) is 12.6. The molecule has 0 aromatic heterocycles. The van der Waals surface area contributed by atoms with Gasteiger partial charge in [0.2, 0.25) is 15.9 Å². The molecule has 26 heavy (non-hydrogen) atoms. The van der Waals surface area contributed by atoms with E-state index in [0.29, 0.717) is 5.69 Å². The Hall–Kier alpha value is -2.08. The molecule has 0 radical (unpaired) electrons. The molecule has 2 rings (SSSR count). The molecule has 142 valence electrons. The van der Waals surface area contributed by atoms with Gasteiger partial charge in [-0.3, -0.25) is 9.10 Å². The van der Waals surface area contributed by atoms with Crippen LogP contribution in [0.25, 0.3) is 10.8 Å². The number of nitrogens with one attached hydrogen (secondary N) is 1. The summed E-state index contributed by atoms with van der Waals surface area (Å²) in [5.41, 5.74) is 0.520. The minimum atomic E-state index is -3.61. The largest absolute Gasteiger partial charge is 0.351 e. The van der Waals surface area contributed by atoms with Crippen LogP contribution in [0, 0.1) is 11.8 Å². The lowest BCUT2D eigenvalue weighted by Crippen LogP contribution is -2.47. The maximum absolute atomic E-state index is 12.6. The van der Waals surface area contributed by atoms with E-state index in [1.807, 2.05) is 58.0 Å². The second-order valence-electron chi connectivity index (χ2n) is 7.35. The molecule has 0 aliphatic heterocycles. The van der Waals surface area contributed by atoms with Gasteiger partial charge in [0.1, 0.15) is 6.54 Å². The lowest BCUT2D eigenvalue weighted by Gasteiger charge is -2.28. The number of anilines is 1. The minimum Gasteiger partial charge on any atom is -0.351 e. The summed E-state index contributed by atoms with van der Waals surface area (Å²) in [5, 5.41) is 4.73. The summed E-state index contributed by atoms with van der Waals surface area (Å²) in [6.45, 7) is 7.95. The fourth-order valence-corrected chi connectivity index (χ4v) is 4.14. The highest BCUT2D eigenvalue weighted by Gasteiger charge is 2.25. The van der Waals surface area contributed by atoms with Gasteiger partial charge < -0.3 is 5.32 Å². The molecule has 0 unspecified atom stereocenters. The van der Waals surface area contributed by atoms with Crippen molar-refractivity contribution in [3.05, 3.63) is 42.5 Å². The summed E-state index contributed by atoms with van der Waals surface area (Å²) in [6, 6.07) is 13.0. The quantitative estimate of drug-likeness (QED) is 0.805. The Balaban J connectivity index is 2.36. The molecule has 0 fully saturated rings. The first-order chi connectivity index (χ1) is 12.1. The van der Waals surface area contributed by atoms with Gasteiger partial charge in [-0.2, -0.15) is 0 Å². The third kappa shape index (κ3) is 4.75. The molecule has 1 N–H and O–H groups in total. The van der Waals surface area contributed by atoms with Crippen LogP contribution in [0.1, 0.15) is 27.7 Å². The molecule has 1 amide bonds. The van der Waals surface area contributed by atoms with Crippen molar-refractivity contribution in [2.75, 3.05) is 17.1 Å². The van der Waals surface area contributed by atoms with Gasteiger partial charge >= 0.3 is 0 Å². The van der Waals surface area contributed by atoms with Crippen LogP contribution in [0.2, 0.25) is 0 Å². The number of fused-ring (bicyclic) bond motifs is 1. The smallest absolute Gasteiger partial charge is 0.241 e. The molecule has 0 spiro atoms. The van der Waals surface area contributed by atoms with Gasteiger partial charge in [-0.25, -0.2) is 8.42 Å². The highest BCUT2D eigenvalue weighted by atomic mass is 32.2. The zero-order chi connectivity index (χ0) is 19.5. The molecule has 5 nitrogen and oxygen atoms in total. The van der Waals surface area contributed by atoms with E-state index < -0.39 is 10.0 Å². The number of nitrogens with zero attached hydrogens (tertiary/aromatic N) is 1. The van der Waals surface area contributed by atoms with Gasteiger partial charge in [0, 0.05) is 11.4 Å². The third-order valence-corrected chi connectivity index (χ3v) is 5.61. The van der Waals surface area contributed by atoms with E-state index in [0.717, 1.165) is 17.0 Å². The Morgan fingerprint density at radius 1 is 1.00 bits per heavy atom. The SMILES string of the molecule is CC(C)C(NC(=O)CN(c1cccc2ccccc12)S(C)(=O)=O)C(C)C. The van der Waals surface area contributed by atoms with Crippen LogP contribution >= 0.6 is 0 Å². The van der Waals surface area contributed by atoms with E-state index in [4.69, 9.17) is 0 Å². The normalized spacial score (nSPS) is 12.2. The highest BCUT2D eigenvalue weighted by molar-refractivity contribution is 7.92. The summed E-state index contributed by atoms with van der Waals surface area (Å²) in [7, 11) is -3.61. The number of benzene rings is 2. The maximum atomic E-state index is 12.6. The number of rotatable bonds is 7. The van der Waals surface area contributed by atoms with E-state index in [1.54, 1.807) is 12.1 Å². The molecular formula is C20H28N2O3S. The predicted molar refractivity (Wildman–Crippen MR) is 108 cm³/mol. The van der Waals surface area contributed by atoms with Gasteiger partial charge in [-0.15, -0.1) is 0 Å². The Labute approximate surface area is 156 Å². The Bertz CT molecular complexity index is 862. The molecule has 0 atom stereocenters. The molecule has 0 bridgehead atoms. The van der Waals surface area contributed by atoms with Gasteiger partial charge in [0.05, 0.1) is 11.9 Å². The molecule has 2 aromatic carbocycles.